The molecule has 0 unspecified atom stereocenters. The topological polar surface area (TPSA) is 97.7 Å². The van der Waals surface area contributed by atoms with Crippen LogP contribution in [0.4, 0.5) is 0 Å². The van der Waals surface area contributed by atoms with Gasteiger partial charge in [-0.1, -0.05) is 0 Å². The van der Waals surface area contributed by atoms with E-state index in [0.29, 0.717) is 43.1 Å². The highest BCUT2D eigenvalue weighted by molar-refractivity contribution is 6.00. The minimum absolute atomic E-state index is 0.0878. The Hall–Kier alpha value is -2.70. The zero-order valence-electron chi connectivity index (χ0n) is 13.8. The van der Waals surface area contributed by atoms with E-state index in [1.165, 1.54) is 0 Å². The molecule has 0 atom stereocenters. The third-order valence-electron chi connectivity index (χ3n) is 4.54. The van der Waals surface area contributed by atoms with Crippen molar-refractivity contribution in [2.24, 2.45) is 11.7 Å². The lowest BCUT2D eigenvalue weighted by molar-refractivity contribution is -0.123. The van der Waals surface area contributed by atoms with E-state index in [9.17, 15) is 9.59 Å². The molecule has 3 N–H and O–H groups in total. The van der Waals surface area contributed by atoms with Gasteiger partial charge in [0, 0.05) is 30.5 Å². The van der Waals surface area contributed by atoms with E-state index < -0.39 is 0 Å². The maximum absolute atomic E-state index is 12.7. The molecule has 1 aromatic carbocycles. The first kappa shape index (κ1) is 16.2. The molecule has 1 aliphatic rings. The average Bonchev–Trinajstić information content (AvgIpc) is 3.04. The molecule has 1 saturated heterocycles. The highest BCUT2D eigenvalue weighted by Gasteiger charge is 2.27. The van der Waals surface area contributed by atoms with E-state index in [-0.39, 0.29) is 17.7 Å². The van der Waals surface area contributed by atoms with Gasteiger partial charge in [-0.3, -0.25) is 9.59 Å². The Balaban J connectivity index is 1.84. The molecule has 1 fully saturated rings. The van der Waals surface area contributed by atoms with Gasteiger partial charge in [0.2, 0.25) is 5.91 Å². The smallest absolute Gasteiger partial charge is 0.270 e. The molecule has 0 spiro atoms. The summed E-state index contributed by atoms with van der Waals surface area (Å²) in [6, 6.07) is 5.42. The number of nitrogens with one attached hydrogen (secondary N) is 1. The predicted molar refractivity (Wildman–Crippen MR) is 89.2 cm³/mol. The molecule has 2 heterocycles. The van der Waals surface area contributed by atoms with Crippen LogP contribution in [0.1, 0.15) is 23.3 Å². The molecule has 0 radical (unpaired) electrons. The number of aromatic nitrogens is 1. The molecular weight excluding hydrogens is 310 g/mol. The van der Waals surface area contributed by atoms with Crippen molar-refractivity contribution in [1.82, 2.24) is 9.88 Å². The molecule has 0 aliphatic carbocycles. The summed E-state index contributed by atoms with van der Waals surface area (Å²) < 4.78 is 10.6. The van der Waals surface area contributed by atoms with Gasteiger partial charge in [0.15, 0.2) is 0 Å². The van der Waals surface area contributed by atoms with Crippen molar-refractivity contribution in [3.8, 4) is 11.5 Å². The highest BCUT2D eigenvalue weighted by atomic mass is 16.5. The summed E-state index contributed by atoms with van der Waals surface area (Å²) in [7, 11) is 3.16. The van der Waals surface area contributed by atoms with Crippen molar-refractivity contribution in [3.63, 3.8) is 0 Å². The lowest BCUT2D eigenvalue weighted by Gasteiger charge is -2.30. The largest absolute Gasteiger partial charge is 0.497 e. The molecule has 2 aromatic rings. The van der Waals surface area contributed by atoms with E-state index in [2.05, 4.69) is 4.98 Å². The summed E-state index contributed by atoms with van der Waals surface area (Å²) in [5.41, 5.74) is 6.59. The van der Waals surface area contributed by atoms with Crippen LogP contribution < -0.4 is 15.2 Å². The lowest BCUT2D eigenvalue weighted by Crippen LogP contribution is -2.41. The number of primary amides is 1. The van der Waals surface area contributed by atoms with Crippen LogP contribution in [0, 0.1) is 5.92 Å². The summed E-state index contributed by atoms with van der Waals surface area (Å²) in [6.45, 7) is 1.06. The summed E-state index contributed by atoms with van der Waals surface area (Å²) in [6.07, 6.45) is 1.22. The van der Waals surface area contributed by atoms with Crippen molar-refractivity contribution >= 4 is 22.7 Å². The summed E-state index contributed by atoms with van der Waals surface area (Å²) in [5, 5.41) is 0.849. The Morgan fingerprint density at radius 1 is 1.17 bits per heavy atom. The number of fused-ring (bicyclic) bond motifs is 1. The fraction of sp³-hybridized carbons (Fsp3) is 0.412. The summed E-state index contributed by atoms with van der Waals surface area (Å²) in [4.78, 5) is 28.8. The number of aromatic amines is 1. The van der Waals surface area contributed by atoms with Gasteiger partial charge < -0.3 is 25.1 Å². The predicted octanol–water partition coefficient (Wildman–Crippen LogP) is 1.52. The molecule has 0 saturated carbocycles. The molecule has 1 aromatic heterocycles. The Kier molecular flexibility index (Phi) is 4.33. The Bertz CT molecular complexity index is 775. The Labute approximate surface area is 139 Å². The maximum Gasteiger partial charge on any atom is 0.270 e. The van der Waals surface area contributed by atoms with E-state index in [1.807, 2.05) is 6.07 Å². The fourth-order valence-electron chi connectivity index (χ4n) is 3.12. The van der Waals surface area contributed by atoms with Crippen LogP contribution in [0.2, 0.25) is 0 Å². The first-order valence-electron chi connectivity index (χ1n) is 7.86. The number of hydrogen-bond donors (Lipinski definition) is 2. The van der Waals surface area contributed by atoms with E-state index in [4.69, 9.17) is 15.2 Å². The number of carbonyl (C=O) groups is 2. The number of nitrogens with two attached hydrogens (primary N) is 1. The zero-order chi connectivity index (χ0) is 17.3. The van der Waals surface area contributed by atoms with Gasteiger partial charge in [0.1, 0.15) is 17.2 Å². The molecule has 7 heteroatoms. The standard InChI is InChI=1S/C17H21N3O4/c1-23-12-7-11-8-13(19-15(11)14(9-12)24-2)17(22)20-5-3-10(4-6-20)16(18)21/h7-10,19H,3-6H2,1-2H3,(H2,18,21). The van der Waals surface area contributed by atoms with Crippen molar-refractivity contribution in [3.05, 3.63) is 23.9 Å². The number of ether oxygens (including phenoxy) is 2. The minimum atomic E-state index is -0.287. The molecule has 128 valence electrons. The van der Waals surface area contributed by atoms with Gasteiger partial charge in [-0.05, 0) is 25.0 Å². The molecule has 24 heavy (non-hydrogen) atoms. The summed E-state index contributed by atoms with van der Waals surface area (Å²) >= 11 is 0. The second kappa shape index (κ2) is 6.43. The average molecular weight is 331 g/mol. The quantitative estimate of drug-likeness (QED) is 0.887. The van der Waals surface area contributed by atoms with Crippen LogP contribution in [-0.2, 0) is 4.79 Å². The van der Waals surface area contributed by atoms with Gasteiger partial charge >= 0.3 is 0 Å². The molecule has 7 nitrogen and oxygen atoms in total. The first-order chi connectivity index (χ1) is 11.5. The summed E-state index contributed by atoms with van der Waals surface area (Å²) in [5.74, 6) is 0.774. The van der Waals surface area contributed by atoms with Crippen molar-refractivity contribution in [2.45, 2.75) is 12.8 Å². The number of likely N-dealkylation sites (tertiary alicyclic amines) is 1. The van der Waals surface area contributed by atoms with Crippen LogP contribution in [0.15, 0.2) is 18.2 Å². The monoisotopic (exact) mass is 331 g/mol. The number of benzene rings is 1. The highest BCUT2D eigenvalue weighted by Crippen LogP contribution is 2.31. The Morgan fingerprint density at radius 2 is 1.88 bits per heavy atom. The van der Waals surface area contributed by atoms with Crippen LogP contribution >= 0.6 is 0 Å². The van der Waals surface area contributed by atoms with Crippen LogP contribution in [0.25, 0.3) is 10.9 Å². The molecule has 2 amide bonds. The number of carbonyl (C=O) groups excluding carboxylic acids is 2. The van der Waals surface area contributed by atoms with Crippen LogP contribution in [0.5, 0.6) is 11.5 Å². The van der Waals surface area contributed by atoms with Gasteiger partial charge in [-0.25, -0.2) is 0 Å². The van der Waals surface area contributed by atoms with Gasteiger partial charge in [0.25, 0.3) is 5.91 Å². The zero-order valence-corrected chi connectivity index (χ0v) is 13.8. The van der Waals surface area contributed by atoms with Crippen LogP contribution in [-0.4, -0.2) is 49.0 Å². The molecule has 1 aliphatic heterocycles. The second-order valence-electron chi connectivity index (χ2n) is 5.95. The van der Waals surface area contributed by atoms with Gasteiger partial charge in [-0.15, -0.1) is 0 Å². The van der Waals surface area contributed by atoms with Crippen molar-refractivity contribution < 1.29 is 19.1 Å². The second-order valence-corrected chi connectivity index (χ2v) is 5.95. The number of methoxy groups -OCH3 is 2. The first-order valence-corrected chi connectivity index (χ1v) is 7.86. The van der Waals surface area contributed by atoms with E-state index in [0.717, 1.165) is 10.9 Å². The van der Waals surface area contributed by atoms with E-state index in [1.54, 1.807) is 31.3 Å². The third-order valence-corrected chi connectivity index (χ3v) is 4.54. The van der Waals surface area contributed by atoms with E-state index >= 15 is 0 Å². The number of hydrogen-bond acceptors (Lipinski definition) is 4. The maximum atomic E-state index is 12.7. The van der Waals surface area contributed by atoms with Crippen molar-refractivity contribution in [1.29, 1.82) is 0 Å². The number of rotatable bonds is 4. The third kappa shape index (κ3) is 2.89. The van der Waals surface area contributed by atoms with Crippen LogP contribution in [0.3, 0.4) is 0 Å². The number of amides is 2. The normalized spacial score (nSPS) is 15.5. The Morgan fingerprint density at radius 3 is 2.46 bits per heavy atom. The molecular formula is C17H21N3O4. The number of piperidine rings is 1. The number of H-pyrrole nitrogens is 1. The molecule has 3 rings (SSSR count). The van der Waals surface area contributed by atoms with Gasteiger partial charge in [0.05, 0.1) is 19.7 Å². The molecule has 0 bridgehead atoms. The van der Waals surface area contributed by atoms with Crippen molar-refractivity contribution in [2.75, 3.05) is 27.3 Å². The SMILES string of the molecule is COc1cc(OC)c2[nH]c(C(=O)N3CCC(C(N)=O)CC3)cc2c1. The van der Waals surface area contributed by atoms with Gasteiger partial charge in [-0.2, -0.15) is 0 Å². The fourth-order valence-corrected chi connectivity index (χ4v) is 3.12. The lowest BCUT2D eigenvalue weighted by atomic mass is 9.96. The number of nitrogens with zero attached hydrogens (tertiary/aromatic N) is 1. The minimum Gasteiger partial charge on any atom is -0.497 e.